The van der Waals surface area contributed by atoms with Gasteiger partial charge in [-0.3, -0.25) is 0 Å². The molecule has 0 fully saturated rings. The van der Waals surface area contributed by atoms with Crippen molar-refractivity contribution in [2.75, 3.05) is 18.5 Å². The normalized spacial score (nSPS) is 10.3. The highest BCUT2D eigenvalue weighted by atomic mass is 32.2. The lowest BCUT2D eigenvalue weighted by molar-refractivity contribution is -0.571. The summed E-state index contributed by atoms with van der Waals surface area (Å²) in [6, 6.07) is 8.02. The van der Waals surface area contributed by atoms with E-state index in [-0.39, 0.29) is 0 Å². The minimum absolute atomic E-state index is 0.827. The van der Waals surface area contributed by atoms with Crippen molar-refractivity contribution in [3.05, 3.63) is 35.7 Å². The molecule has 0 bridgehead atoms. The molecule has 0 aliphatic carbocycles. The molecule has 0 spiro atoms. The number of quaternary nitrogens is 1. The zero-order chi connectivity index (χ0) is 11.8. The second kappa shape index (κ2) is 7.36. The minimum atomic E-state index is 0.827. The molecule has 88 valence electrons. The summed E-state index contributed by atoms with van der Waals surface area (Å²) in [4.78, 5) is 1.28. The van der Waals surface area contributed by atoms with Crippen LogP contribution in [0, 0.1) is 0 Å². The van der Waals surface area contributed by atoms with Crippen molar-refractivity contribution in [1.29, 1.82) is 0 Å². The third-order valence-corrected chi connectivity index (χ3v) is 3.30. The third kappa shape index (κ3) is 5.24. The monoisotopic (exact) mass is 237 g/mol. The number of rotatable bonds is 7. The molecule has 0 saturated carbocycles. The first-order chi connectivity index (χ1) is 7.72. The number of hydrogen-bond acceptors (Lipinski definition) is 2. The molecular weight excluding hydrogens is 216 g/mol. The molecule has 0 radical (unpaired) electrons. The zero-order valence-corrected chi connectivity index (χ0v) is 10.7. The number of nitrogen functional groups attached to an aromatic ring is 1. The van der Waals surface area contributed by atoms with E-state index in [0.29, 0.717) is 0 Å². The second-order valence-corrected chi connectivity index (χ2v) is 4.84. The fourth-order valence-corrected chi connectivity index (χ4v) is 1.82. The molecule has 0 aliphatic rings. The van der Waals surface area contributed by atoms with Crippen LogP contribution in [0.2, 0.25) is 0 Å². The maximum Gasteiger partial charge on any atom is 0.129 e. The Morgan fingerprint density at radius 2 is 2.00 bits per heavy atom. The summed E-state index contributed by atoms with van der Waals surface area (Å²) in [5.74, 6) is 0. The van der Waals surface area contributed by atoms with Gasteiger partial charge in [0.25, 0.3) is 0 Å². The maximum atomic E-state index is 5.63. The van der Waals surface area contributed by atoms with Crippen LogP contribution in [0.4, 0.5) is 11.4 Å². The van der Waals surface area contributed by atoms with Gasteiger partial charge in [0.05, 0.1) is 6.54 Å². The molecule has 1 aromatic carbocycles. The van der Waals surface area contributed by atoms with Crippen LogP contribution >= 0.6 is 11.8 Å². The van der Waals surface area contributed by atoms with Crippen LogP contribution in [0.25, 0.3) is 0 Å². The molecule has 4 N–H and O–H groups in total. The minimum Gasteiger partial charge on any atom is -0.399 e. The highest BCUT2D eigenvalue weighted by molar-refractivity contribution is 8.02. The van der Waals surface area contributed by atoms with Gasteiger partial charge in [-0.15, -0.1) is 11.8 Å². The van der Waals surface area contributed by atoms with Crippen molar-refractivity contribution < 1.29 is 5.32 Å². The first-order valence-electron chi connectivity index (χ1n) is 5.63. The third-order valence-electron chi connectivity index (χ3n) is 2.51. The lowest BCUT2D eigenvalue weighted by Crippen LogP contribution is -2.77. The fraction of sp³-hybridized carbons (Fsp3) is 0.385. The van der Waals surface area contributed by atoms with E-state index in [0.717, 1.165) is 18.7 Å². The number of allylic oxidation sites excluding steroid dienone is 1. The van der Waals surface area contributed by atoms with Gasteiger partial charge in [-0.25, -0.2) is 0 Å². The topological polar surface area (TPSA) is 42.6 Å². The van der Waals surface area contributed by atoms with E-state index in [1.165, 1.54) is 23.4 Å². The van der Waals surface area contributed by atoms with Crippen LogP contribution in [0.15, 0.2) is 35.7 Å². The molecule has 0 saturated heterocycles. The standard InChI is InChI=1S/C13H20N2S/c1-11(16-2)5-3-4-10-15-13-8-6-12(14)7-9-13/h6-9,15H,1,3-5,10,14H2,2H3/p+1. The Hall–Kier alpha value is -0.930. The molecule has 0 atom stereocenters. The van der Waals surface area contributed by atoms with Crippen molar-refractivity contribution in [1.82, 2.24) is 0 Å². The molecule has 2 nitrogen and oxygen atoms in total. The Morgan fingerprint density at radius 3 is 2.62 bits per heavy atom. The van der Waals surface area contributed by atoms with Gasteiger partial charge in [-0.2, -0.15) is 0 Å². The van der Waals surface area contributed by atoms with E-state index in [1.54, 1.807) is 11.8 Å². The van der Waals surface area contributed by atoms with Gasteiger partial charge in [0.1, 0.15) is 5.69 Å². The van der Waals surface area contributed by atoms with Gasteiger partial charge in [0.2, 0.25) is 0 Å². The number of unbranched alkanes of at least 4 members (excludes halogenated alkanes) is 1. The largest absolute Gasteiger partial charge is 0.399 e. The smallest absolute Gasteiger partial charge is 0.129 e. The summed E-state index contributed by atoms with van der Waals surface area (Å²) in [5, 5.41) is 2.27. The van der Waals surface area contributed by atoms with E-state index in [9.17, 15) is 0 Å². The number of thioether (sulfide) groups is 1. The Morgan fingerprint density at radius 1 is 1.31 bits per heavy atom. The number of nitrogens with two attached hydrogens (primary N) is 2. The van der Waals surface area contributed by atoms with Gasteiger partial charge in [0.15, 0.2) is 0 Å². The molecule has 0 amide bonds. The summed E-state index contributed by atoms with van der Waals surface area (Å²) in [7, 11) is 0. The molecular formula is C13H21N2S+. The lowest BCUT2D eigenvalue weighted by Gasteiger charge is -2.02. The first kappa shape index (κ1) is 13.1. The van der Waals surface area contributed by atoms with Crippen LogP contribution < -0.4 is 11.1 Å². The van der Waals surface area contributed by atoms with Gasteiger partial charge in [-0.05, 0) is 42.6 Å². The van der Waals surface area contributed by atoms with E-state index in [2.05, 4.69) is 30.3 Å². The zero-order valence-electron chi connectivity index (χ0n) is 9.91. The molecule has 0 heterocycles. The second-order valence-electron chi connectivity index (χ2n) is 3.86. The highest BCUT2D eigenvalue weighted by Crippen LogP contribution is 2.15. The first-order valence-corrected chi connectivity index (χ1v) is 6.85. The molecule has 0 aliphatic heterocycles. The van der Waals surface area contributed by atoms with Crippen molar-refractivity contribution in [2.45, 2.75) is 19.3 Å². The maximum absolute atomic E-state index is 5.63. The predicted molar refractivity (Wildman–Crippen MR) is 73.8 cm³/mol. The Balaban J connectivity index is 2.11. The molecule has 3 heteroatoms. The number of hydrogen-bond donors (Lipinski definition) is 2. The van der Waals surface area contributed by atoms with Crippen molar-refractivity contribution in [2.24, 2.45) is 0 Å². The Kier molecular flexibility index (Phi) is 6.04. The number of benzene rings is 1. The Bertz CT molecular complexity index is 319. The summed E-state index contributed by atoms with van der Waals surface area (Å²) >= 11 is 1.76. The van der Waals surface area contributed by atoms with Crippen molar-refractivity contribution in [3.8, 4) is 0 Å². The molecule has 0 unspecified atom stereocenters. The van der Waals surface area contributed by atoms with Crippen LogP contribution in [0.1, 0.15) is 19.3 Å². The summed E-state index contributed by atoms with van der Waals surface area (Å²) in [6.45, 7) is 5.11. The number of anilines is 1. The van der Waals surface area contributed by atoms with Gasteiger partial charge < -0.3 is 11.1 Å². The summed E-state index contributed by atoms with van der Waals surface area (Å²) < 4.78 is 0. The van der Waals surface area contributed by atoms with Crippen LogP contribution in [-0.4, -0.2) is 12.8 Å². The average molecular weight is 237 g/mol. The van der Waals surface area contributed by atoms with Gasteiger partial charge in [0, 0.05) is 17.8 Å². The van der Waals surface area contributed by atoms with Crippen LogP contribution in [0.3, 0.4) is 0 Å². The molecule has 1 aromatic rings. The van der Waals surface area contributed by atoms with Gasteiger partial charge in [-0.1, -0.05) is 6.58 Å². The molecule has 16 heavy (non-hydrogen) atoms. The van der Waals surface area contributed by atoms with Crippen LogP contribution in [0.5, 0.6) is 0 Å². The van der Waals surface area contributed by atoms with Gasteiger partial charge >= 0.3 is 0 Å². The lowest BCUT2D eigenvalue weighted by atomic mass is 10.2. The quantitative estimate of drug-likeness (QED) is 0.565. The highest BCUT2D eigenvalue weighted by Gasteiger charge is 1.97. The van der Waals surface area contributed by atoms with E-state index < -0.39 is 0 Å². The molecule has 0 aromatic heterocycles. The van der Waals surface area contributed by atoms with E-state index in [1.807, 2.05) is 12.1 Å². The van der Waals surface area contributed by atoms with Crippen molar-refractivity contribution >= 4 is 23.1 Å². The molecule has 1 rings (SSSR count). The summed E-state index contributed by atoms with van der Waals surface area (Å²) in [6.07, 6.45) is 5.68. The summed E-state index contributed by atoms with van der Waals surface area (Å²) in [5.41, 5.74) is 7.71. The van der Waals surface area contributed by atoms with Crippen LogP contribution in [-0.2, 0) is 0 Å². The predicted octanol–water partition coefficient (Wildman–Crippen LogP) is 2.51. The van der Waals surface area contributed by atoms with Crippen molar-refractivity contribution in [3.63, 3.8) is 0 Å². The Labute approximate surface area is 102 Å². The fourth-order valence-electron chi connectivity index (χ4n) is 1.47. The van der Waals surface area contributed by atoms with E-state index in [4.69, 9.17) is 5.73 Å². The SMILES string of the molecule is C=C(CCCC[NH2+]c1ccc(N)cc1)SC. The average Bonchev–Trinajstić information content (AvgIpc) is 2.31. The van der Waals surface area contributed by atoms with E-state index >= 15 is 0 Å².